The van der Waals surface area contributed by atoms with Crippen LogP contribution in [0.25, 0.3) is 6.08 Å². The summed E-state index contributed by atoms with van der Waals surface area (Å²) in [6, 6.07) is 7.28. The summed E-state index contributed by atoms with van der Waals surface area (Å²) in [7, 11) is 1.55. The number of nitrogens with zero attached hydrogens (tertiary/aromatic N) is 1. The van der Waals surface area contributed by atoms with Crippen LogP contribution in [0.15, 0.2) is 23.8 Å². The SMILES string of the molecule is CCOc1ccc(/C=C(\C#N)C(=O)C(C)(C)C)cc1OC. The lowest BCUT2D eigenvalue weighted by molar-refractivity contribution is -0.121. The highest BCUT2D eigenvalue weighted by Crippen LogP contribution is 2.29. The van der Waals surface area contributed by atoms with Crippen molar-refractivity contribution < 1.29 is 14.3 Å². The van der Waals surface area contributed by atoms with Gasteiger partial charge in [-0.2, -0.15) is 5.26 Å². The minimum absolute atomic E-state index is 0.133. The Morgan fingerprint density at radius 1 is 1.33 bits per heavy atom. The fourth-order valence-electron chi connectivity index (χ4n) is 1.77. The largest absolute Gasteiger partial charge is 0.493 e. The van der Waals surface area contributed by atoms with Crippen LogP contribution in [-0.4, -0.2) is 19.5 Å². The van der Waals surface area contributed by atoms with Gasteiger partial charge < -0.3 is 9.47 Å². The minimum atomic E-state index is -0.586. The van der Waals surface area contributed by atoms with E-state index < -0.39 is 5.41 Å². The number of rotatable bonds is 5. The average Bonchev–Trinajstić information content (AvgIpc) is 2.44. The van der Waals surface area contributed by atoms with Gasteiger partial charge in [0, 0.05) is 5.41 Å². The van der Waals surface area contributed by atoms with Gasteiger partial charge in [-0.25, -0.2) is 0 Å². The van der Waals surface area contributed by atoms with Crippen LogP contribution in [0.4, 0.5) is 0 Å². The zero-order valence-corrected chi connectivity index (χ0v) is 13.2. The van der Waals surface area contributed by atoms with Crippen LogP contribution in [0, 0.1) is 16.7 Å². The molecule has 1 aromatic rings. The van der Waals surface area contributed by atoms with E-state index in [1.807, 2.05) is 13.0 Å². The zero-order chi connectivity index (χ0) is 16.0. The normalized spacial score (nSPS) is 11.7. The van der Waals surface area contributed by atoms with E-state index in [2.05, 4.69) is 0 Å². The van der Waals surface area contributed by atoms with Crippen molar-refractivity contribution in [3.63, 3.8) is 0 Å². The number of ether oxygens (including phenoxy) is 2. The van der Waals surface area contributed by atoms with Crippen LogP contribution < -0.4 is 9.47 Å². The lowest BCUT2D eigenvalue weighted by Crippen LogP contribution is -2.21. The van der Waals surface area contributed by atoms with Crippen LogP contribution in [-0.2, 0) is 4.79 Å². The molecule has 0 radical (unpaired) electrons. The van der Waals surface area contributed by atoms with Gasteiger partial charge in [-0.05, 0) is 30.7 Å². The molecule has 1 aromatic carbocycles. The Balaban J connectivity index is 3.19. The molecule has 0 aliphatic heterocycles. The van der Waals surface area contributed by atoms with Crippen molar-refractivity contribution in [1.29, 1.82) is 5.26 Å². The maximum Gasteiger partial charge on any atom is 0.178 e. The molecule has 0 aliphatic rings. The quantitative estimate of drug-likeness (QED) is 0.613. The summed E-state index contributed by atoms with van der Waals surface area (Å²) in [5, 5.41) is 9.19. The van der Waals surface area contributed by atoms with E-state index in [9.17, 15) is 10.1 Å². The highest BCUT2D eigenvalue weighted by molar-refractivity contribution is 6.06. The van der Waals surface area contributed by atoms with Gasteiger partial charge in [0.25, 0.3) is 0 Å². The Hall–Kier alpha value is -2.28. The molecule has 4 nitrogen and oxygen atoms in total. The molecule has 0 N–H and O–H groups in total. The maximum absolute atomic E-state index is 12.2. The number of carbonyl (C=O) groups excluding carboxylic acids is 1. The van der Waals surface area contributed by atoms with E-state index in [1.165, 1.54) is 0 Å². The van der Waals surface area contributed by atoms with Crippen LogP contribution >= 0.6 is 0 Å². The standard InChI is InChI=1S/C17H21NO3/c1-6-21-14-8-7-12(10-15(14)20-5)9-13(11-18)16(19)17(2,3)4/h7-10H,6H2,1-5H3/b13-9+. The second-order valence-electron chi connectivity index (χ2n) is 5.59. The van der Waals surface area contributed by atoms with Gasteiger partial charge in [0.2, 0.25) is 0 Å². The Morgan fingerprint density at radius 2 is 2.00 bits per heavy atom. The highest BCUT2D eigenvalue weighted by Gasteiger charge is 2.25. The molecule has 4 heteroatoms. The lowest BCUT2D eigenvalue weighted by Gasteiger charge is -2.15. The van der Waals surface area contributed by atoms with Gasteiger partial charge in [-0.15, -0.1) is 0 Å². The highest BCUT2D eigenvalue weighted by atomic mass is 16.5. The predicted molar refractivity (Wildman–Crippen MR) is 82.2 cm³/mol. The summed E-state index contributed by atoms with van der Waals surface area (Å²) in [4.78, 5) is 12.2. The molecule has 0 heterocycles. The second kappa shape index (κ2) is 6.94. The van der Waals surface area contributed by atoms with Crippen molar-refractivity contribution in [3.8, 4) is 17.6 Å². The van der Waals surface area contributed by atoms with Crippen molar-refractivity contribution in [2.75, 3.05) is 13.7 Å². The first-order valence-corrected chi connectivity index (χ1v) is 6.81. The van der Waals surface area contributed by atoms with Crippen molar-refractivity contribution >= 4 is 11.9 Å². The summed E-state index contributed by atoms with van der Waals surface area (Å²) in [5.74, 6) is 1.03. The number of benzene rings is 1. The van der Waals surface area contributed by atoms with E-state index in [0.29, 0.717) is 18.1 Å². The third-order valence-corrected chi connectivity index (χ3v) is 2.84. The van der Waals surface area contributed by atoms with Crippen molar-refractivity contribution in [1.82, 2.24) is 0 Å². The van der Waals surface area contributed by atoms with Gasteiger partial charge in [0.15, 0.2) is 17.3 Å². The van der Waals surface area contributed by atoms with E-state index >= 15 is 0 Å². The topological polar surface area (TPSA) is 59.3 Å². The molecule has 0 unspecified atom stereocenters. The van der Waals surface area contributed by atoms with Gasteiger partial charge in [0.05, 0.1) is 19.3 Å². The number of allylic oxidation sites excluding steroid dienone is 1. The molecular formula is C17H21NO3. The molecule has 112 valence electrons. The number of hydrogen-bond acceptors (Lipinski definition) is 4. The van der Waals surface area contributed by atoms with Gasteiger partial charge >= 0.3 is 0 Å². The summed E-state index contributed by atoms with van der Waals surface area (Å²) in [6.07, 6.45) is 1.58. The fraction of sp³-hybridized carbons (Fsp3) is 0.412. The molecule has 0 bridgehead atoms. The van der Waals surface area contributed by atoms with E-state index in [1.54, 1.807) is 52.2 Å². The monoisotopic (exact) mass is 287 g/mol. The molecule has 0 aliphatic carbocycles. The molecule has 0 saturated carbocycles. The smallest absolute Gasteiger partial charge is 0.178 e. The molecular weight excluding hydrogens is 266 g/mol. The maximum atomic E-state index is 12.2. The lowest BCUT2D eigenvalue weighted by atomic mass is 9.86. The predicted octanol–water partition coefficient (Wildman–Crippen LogP) is 3.62. The molecule has 0 fully saturated rings. The first kappa shape index (κ1) is 16.8. The number of methoxy groups -OCH3 is 1. The number of carbonyl (C=O) groups is 1. The summed E-state index contributed by atoms with van der Waals surface area (Å²) < 4.78 is 10.7. The third kappa shape index (κ3) is 4.35. The fourth-order valence-corrected chi connectivity index (χ4v) is 1.77. The molecule has 0 spiro atoms. The Morgan fingerprint density at radius 3 is 2.48 bits per heavy atom. The van der Waals surface area contributed by atoms with Crippen molar-refractivity contribution in [2.45, 2.75) is 27.7 Å². The van der Waals surface area contributed by atoms with E-state index in [4.69, 9.17) is 9.47 Å². The van der Waals surface area contributed by atoms with Crippen LogP contribution in [0.1, 0.15) is 33.3 Å². The molecule has 1 rings (SSSR count). The first-order chi connectivity index (χ1) is 9.83. The van der Waals surface area contributed by atoms with E-state index in [-0.39, 0.29) is 11.4 Å². The average molecular weight is 287 g/mol. The second-order valence-corrected chi connectivity index (χ2v) is 5.59. The number of Topliss-reactive ketones (excluding diaryl/α,β-unsaturated/α-hetero) is 1. The van der Waals surface area contributed by atoms with Crippen molar-refractivity contribution in [3.05, 3.63) is 29.3 Å². The molecule has 0 amide bonds. The van der Waals surface area contributed by atoms with Gasteiger partial charge in [-0.3, -0.25) is 4.79 Å². The molecule has 21 heavy (non-hydrogen) atoms. The summed E-state index contributed by atoms with van der Waals surface area (Å²) in [5.41, 5.74) is 0.273. The molecule has 0 aromatic heterocycles. The number of nitriles is 1. The van der Waals surface area contributed by atoms with E-state index in [0.717, 1.165) is 5.56 Å². The van der Waals surface area contributed by atoms with Crippen molar-refractivity contribution in [2.24, 2.45) is 5.41 Å². The summed E-state index contributed by atoms with van der Waals surface area (Å²) >= 11 is 0. The Kier molecular flexibility index (Phi) is 5.54. The van der Waals surface area contributed by atoms with Crippen LogP contribution in [0.2, 0.25) is 0 Å². The zero-order valence-electron chi connectivity index (χ0n) is 13.2. The Bertz CT molecular complexity index is 589. The third-order valence-electron chi connectivity index (χ3n) is 2.84. The summed E-state index contributed by atoms with van der Waals surface area (Å²) in [6.45, 7) is 7.80. The van der Waals surface area contributed by atoms with Gasteiger partial charge in [0.1, 0.15) is 6.07 Å². The molecule has 0 atom stereocenters. The number of hydrogen-bond donors (Lipinski definition) is 0. The molecule has 0 saturated heterocycles. The number of ketones is 1. The van der Waals surface area contributed by atoms with Crippen LogP contribution in [0.3, 0.4) is 0 Å². The van der Waals surface area contributed by atoms with Crippen LogP contribution in [0.5, 0.6) is 11.5 Å². The minimum Gasteiger partial charge on any atom is -0.493 e. The Labute approximate surface area is 126 Å². The van der Waals surface area contributed by atoms with Gasteiger partial charge in [-0.1, -0.05) is 26.8 Å². The first-order valence-electron chi connectivity index (χ1n) is 6.81.